The van der Waals surface area contributed by atoms with Crippen molar-refractivity contribution >= 4 is 16.9 Å². The molecular weight excluding hydrogens is 296 g/mol. The number of hydrogen-bond donors (Lipinski definition) is 1. The van der Waals surface area contributed by atoms with Crippen LogP contribution in [0.4, 0.5) is 0 Å². The van der Waals surface area contributed by atoms with Crippen LogP contribution in [0.25, 0.3) is 6.08 Å². The molecule has 0 saturated heterocycles. The molecule has 0 aliphatic heterocycles. The molecule has 0 amide bonds. The molecule has 3 nitrogen and oxygen atoms in total. The summed E-state index contributed by atoms with van der Waals surface area (Å²) in [5, 5.41) is 9.20. The molecule has 0 saturated carbocycles. The van der Waals surface area contributed by atoms with Crippen molar-refractivity contribution in [3.63, 3.8) is 0 Å². The summed E-state index contributed by atoms with van der Waals surface area (Å²) in [5.41, 5.74) is 3.91. The van der Waals surface area contributed by atoms with Gasteiger partial charge in [0.2, 0.25) is 0 Å². The van der Waals surface area contributed by atoms with Crippen molar-refractivity contribution in [3.8, 4) is 5.75 Å². The number of ether oxygens (including phenoxy) is 1. The molecule has 4 heteroatoms. The molecule has 0 radical (unpaired) electrons. The summed E-state index contributed by atoms with van der Waals surface area (Å²) in [7, 11) is 0.275. The molecule has 2 aromatic rings. The van der Waals surface area contributed by atoms with Gasteiger partial charge in [-0.15, -0.1) is 5.73 Å². The maximum Gasteiger partial charge on any atom is 0.126 e. The Morgan fingerprint density at radius 1 is 1.18 bits per heavy atom. The third-order valence-electron chi connectivity index (χ3n) is 3.05. The fourth-order valence-electron chi connectivity index (χ4n) is 1.95. The molecule has 0 fully saturated rings. The van der Waals surface area contributed by atoms with Crippen LogP contribution in [0.5, 0.6) is 5.75 Å². The van der Waals surface area contributed by atoms with Crippen LogP contribution in [0.3, 0.4) is 0 Å². The molecule has 1 unspecified atom stereocenters. The maximum atomic E-state index is 12.6. The first-order valence-corrected chi connectivity index (χ1v) is 8.07. The Hall–Kier alpha value is -2.13. The van der Waals surface area contributed by atoms with Crippen LogP contribution in [0.1, 0.15) is 12.0 Å². The van der Waals surface area contributed by atoms with Gasteiger partial charge in [0.25, 0.3) is 0 Å². The van der Waals surface area contributed by atoms with Gasteiger partial charge in [0.1, 0.15) is 5.75 Å². The summed E-state index contributed by atoms with van der Waals surface area (Å²) >= 11 is 0. The Kier molecular flexibility index (Phi) is 6.16. The van der Waals surface area contributed by atoms with Crippen molar-refractivity contribution in [1.29, 1.82) is 0 Å². The van der Waals surface area contributed by atoms with E-state index in [2.05, 4.69) is 5.73 Å². The predicted molar refractivity (Wildman–Crippen MR) is 89.0 cm³/mol. The van der Waals surface area contributed by atoms with Gasteiger partial charge in [0.05, 0.1) is 22.8 Å². The monoisotopic (exact) mass is 314 g/mol. The quantitative estimate of drug-likeness (QED) is 0.832. The first kappa shape index (κ1) is 16.2. The number of aliphatic hydroxyl groups excluding tert-OH is 1. The van der Waals surface area contributed by atoms with Gasteiger partial charge in [0.15, 0.2) is 0 Å². The van der Waals surface area contributed by atoms with E-state index in [4.69, 9.17) is 4.74 Å². The van der Waals surface area contributed by atoms with Crippen molar-refractivity contribution in [2.45, 2.75) is 11.3 Å². The second-order valence-corrected chi connectivity index (χ2v) is 6.01. The highest BCUT2D eigenvalue weighted by Gasteiger charge is 2.09. The SMILES string of the molecule is COc1ccccc1C=C=C(CCO)S(=O)c1ccccc1. The topological polar surface area (TPSA) is 46.5 Å². The van der Waals surface area contributed by atoms with Gasteiger partial charge in [-0.3, -0.25) is 0 Å². The lowest BCUT2D eigenvalue weighted by Crippen LogP contribution is -1.97. The van der Waals surface area contributed by atoms with E-state index >= 15 is 0 Å². The number of hydrogen-bond acceptors (Lipinski definition) is 3. The predicted octanol–water partition coefficient (Wildman–Crippen LogP) is 3.38. The molecule has 1 atom stereocenters. The largest absolute Gasteiger partial charge is 0.496 e. The molecule has 0 aromatic heterocycles. The van der Waals surface area contributed by atoms with Gasteiger partial charge in [-0.2, -0.15) is 0 Å². The highest BCUT2D eigenvalue weighted by molar-refractivity contribution is 7.89. The van der Waals surface area contributed by atoms with E-state index in [1.54, 1.807) is 25.3 Å². The average molecular weight is 314 g/mol. The zero-order valence-electron chi connectivity index (χ0n) is 12.4. The lowest BCUT2D eigenvalue weighted by molar-refractivity contribution is 0.301. The van der Waals surface area contributed by atoms with Crippen LogP contribution in [0, 0.1) is 0 Å². The Labute approximate surface area is 133 Å². The number of para-hydroxylation sites is 1. The lowest BCUT2D eigenvalue weighted by atomic mass is 10.2. The summed E-state index contributed by atoms with van der Waals surface area (Å²) in [4.78, 5) is 1.26. The zero-order valence-corrected chi connectivity index (χ0v) is 13.2. The van der Waals surface area contributed by atoms with Crippen molar-refractivity contribution in [1.82, 2.24) is 0 Å². The van der Waals surface area contributed by atoms with Crippen LogP contribution in [0.2, 0.25) is 0 Å². The molecule has 2 rings (SSSR count). The fraction of sp³-hybridized carbons (Fsp3) is 0.167. The third-order valence-corrected chi connectivity index (χ3v) is 4.52. The Morgan fingerprint density at radius 2 is 1.86 bits per heavy atom. The second-order valence-electron chi connectivity index (χ2n) is 4.51. The highest BCUT2D eigenvalue weighted by atomic mass is 32.2. The summed E-state index contributed by atoms with van der Waals surface area (Å²) in [5.74, 6) is 0.726. The minimum absolute atomic E-state index is 0.0688. The van der Waals surface area contributed by atoms with Crippen molar-refractivity contribution in [3.05, 3.63) is 70.8 Å². The van der Waals surface area contributed by atoms with E-state index in [9.17, 15) is 9.32 Å². The van der Waals surface area contributed by atoms with Gasteiger partial charge in [-0.05, 0) is 24.3 Å². The van der Waals surface area contributed by atoms with E-state index in [0.717, 1.165) is 11.3 Å². The van der Waals surface area contributed by atoms with E-state index in [1.165, 1.54) is 0 Å². The standard InChI is InChI=1S/C18H18O3S/c1-21-18-10-6-5-7-15(18)11-12-17(13-14-19)22(20)16-8-3-2-4-9-16/h2-11,19H,13-14H2,1H3. The van der Waals surface area contributed by atoms with Gasteiger partial charge < -0.3 is 9.84 Å². The average Bonchev–Trinajstić information content (AvgIpc) is 2.59. The Balaban J connectivity index is 2.38. The minimum atomic E-state index is -1.33. The summed E-state index contributed by atoms with van der Waals surface area (Å²) in [6.07, 6.45) is 2.05. The molecule has 2 aromatic carbocycles. The normalized spacial score (nSPS) is 11.4. The first-order chi connectivity index (χ1) is 10.8. The van der Waals surface area contributed by atoms with Gasteiger partial charge in [0, 0.05) is 23.5 Å². The van der Waals surface area contributed by atoms with E-state index in [1.807, 2.05) is 42.5 Å². The van der Waals surface area contributed by atoms with Gasteiger partial charge in [-0.25, -0.2) is 4.21 Å². The van der Waals surface area contributed by atoms with E-state index in [0.29, 0.717) is 16.2 Å². The Bertz CT molecular complexity index is 701. The smallest absolute Gasteiger partial charge is 0.126 e. The fourth-order valence-corrected chi connectivity index (χ4v) is 3.08. The lowest BCUT2D eigenvalue weighted by Gasteiger charge is -2.04. The number of methoxy groups -OCH3 is 1. The van der Waals surface area contributed by atoms with Crippen molar-refractivity contribution < 1.29 is 14.1 Å². The molecule has 0 spiro atoms. The molecule has 0 aliphatic carbocycles. The summed E-state index contributed by atoms with van der Waals surface area (Å²) < 4.78 is 17.8. The Morgan fingerprint density at radius 3 is 2.55 bits per heavy atom. The van der Waals surface area contributed by atoms with Crippen LogP contribution >= 0.6 is 0 Å². The maximum absolute atomic E-state index is 12.6. The minimum Gasteiger partial charge on any atom is -0.496 e. The molecule has 0 heterocycles. The van der Waals surface area contributed by atoms with Crippen LogP contribution in [0.15, 0.2) is 70.1 Å². The van der Waals surface area contributed by atoms with Crippen LogP contribution in [-0.2, 0) is 10.8 Å². The van der Waals surface area contributed by atoms with Crippen LogP contribution in [-0.4, -0.2) is 23.0 Å². The number of rotatable bonds is 6. The first-order valence-electron chi connectivity index (χ1n) is 6.92. The van der Waals surface area contributed by atoms with Crippen molar-refractivity contribution in [2.24, 2.45) is 0 Å². The molecule has 22 heavy (non-hydrogen) atoms. The zero-order chi connectivity index (χ0) is 15.8. The van der Waals surface area contributed by atoms with Crippen LogP contribution < -0.4 is 4.74 Å². The molecular formula is C18H18O3S. The van der Waals surface area contributed by atoms with Gasteiger partial charge in [-0.1, -0.05) is 36.4 Å². The van der Waals surface area contributed by atoms with E-state index in [-0.39, 0.29) is 6.61 Å². The van der Waals surface area contributed by atoms with E-state index < -0.39 is 10.8 Å². The highest BCUT2D eigenvalue weighted by Crippen LogP contribution is 2.20. The molecule has 0 aliphatic rings. The molecule has 0 bridgehead atoms. The number of aliphatic hydroxyl groups is 1. The second kappa shape index (κ2) is 8.35. The van der Waals surface area contributed by atoms with Crippen molar-refractivity contribution in [2.75, 3.05) is 13.7 Å². The van der Waals surface area contributed by atoms with Gasteiger partial charge >= 0.3 is 0 Å². The third kappa shape index (κ3) is 4.18. The molecule has 1 N–H and O–H groups in total. The summed E-state index contributed by atoms with van der Waals surface area (Å²) in [6, 6.07) is 16.7. The molecule has 114 valence electrons. The summed E-state index contributed by atoms with van der Waals surface area (Å²) in [6.45, 7) is -0.0688. The number of benzene rings is 2.